The summed E-state index contributed by atoms with van der Waals surface area (Å²) in [6.45, 7) is 2.76. The third-order valence-corrected chi connectivity index (χ3v) is 4.94. The van der Waals surface area contributed by atoms with Gasteiger partial charge < -0.3 is 5.32 Å². The van der Waals surface area contributed by atoms with Gasteiger partial charge >= 0.3 is 0 Å². The van der Waals surface area contributed by atoms with E-state index < -0.39 is 0 Å². The molecule has 7 nitrogen and oxygen atoms in total. The van der Waals surface area contributed by atoms with Crippen LogP contribution >= 0.6 is 0 Å². The van der Waals surface area contributed by atoms with E-state index in [0.717, 1.165) is 50.3 Å². The average Bonchev–Trinajstić information content (AvgIpc) is 3.44. The maximum absolute atomic E-state index is 12.8. The topological polar surface area (TPSA) is 68.0 Å². The lowest BCUT2D eigenvalue weighted by Gasteiger charge is -2.23. The van der Waals surface area contributed by atoms with Crippen LogP contribution in [-0.4, -0.2) is 49.5 Å². The van der Waals surface area contributed by atoms with E-state index >= 15 is 0 Å². The van der Waals surface area contributed by atoms with Gasteiger partial charge in [0.2, 0.25) is 5.91 Å². The zero-order valence-electron chi connectivity index (χ0n) is 15.2. The molecule has 27 heavy (non-hydrogen) atoms. The lowest BCUT2D eigenvalue weighted by Crippen LogP contribution is -2.40. The Labute approximate surface area is 158 Å². The van der Waals surface area contributed by atoms with Crippen LogP contribution in [0.2, 0.25) is 0 Å². The van der Waals surface area contributed by atoms with Gasteiger partial charge in [0.1, 0.15) is 0 Å². The van der Waals surface area contributed by atoms with Gasteiger partial charge in [-0.2, -0.15) is 10.2 Å². The molecular weight excluding hydrogens is 340 g/mol. The predicted octanol–water partition coefficient (Wildman–Crippen LogP) is 2.56. The van der Waals surface area contributed by atoms with Crippen molar-refractivity contribution in [1.29, 1.82) is 0 Å². The molecule has 3 heterocycles. The van der Waals surface area contributed by atoms with Gasteiger partial charge in [-0.05, 0) is 56.1 Å². The number of carbonyl (C=O) groups excluding carboxylic acids is 1. The summed E-state index contributed by atoms with van der Waals surface area (Å²) in [6.07, 6.45) is 10.4. The van der Waals surface area contributed by atoms with Crippen molar-refractivity contribution in [2.45, 2.75) is 31.8 Å². The highest BCUT2D eigenvalue weighted by atomic mass is 16.2. The first-order valence-corrected chi connectivity index (χ1v) is 9.42. The Morgan fingerprint density at radius 2 is 2.00 bits per heavy atom. The summed E-state index contributed by atoms with van der Waals surface area (Å²) >= 11 is 0. The number of anilines is 1. The Balaban J connectivity index is 1.35. The summed E-state index contributed by atoms with van der Waals surface area (Å²) in [5.41, 5.74) is 1.73. The number of benzene rings is 1. The van der Waals surface area contributed by atoms with Crippen molar-refractivity contribution < 1.29 is 4.79 Å². The van der Waals surface area contributed by atoms with Gasteiger partial charge in [0, 0.05) is 43.6 Å². The highest BCUT2D eigenvalue weighted by Gasteiger charge is 2.30. The van der Waals surface area contributed by atoms with Gasteiger partial charge in [-0.25, -0.2) is 4.68 Å². The normalized spacial score (nSPS) is 17.3. The molecule has 0 bridgehead atoms. The Bertz CT molecular complexity index is 859. The molecule has 1 aliphatic heterocycles. The lowest BCUT2D eigenvalue weighted by molar-refractivity contribution is -0.120. The van der Waals surface area contributed by atoms with E-state index in [0.29, 0.717) is 0 Å². The number of aromatic nitrogens is 4. The fourth-order valence-corrected chi connectivity index (χ4v) is 3.63. The maximum Gasteiger partial charge on any atom is 0.241 e. The van der Waals surface area contributed by atoms with Crippen molar-refractivity contribution in [1.82, 2.24) is 24.5 Å². The molecular formula is C20H24N6O. The molecule has 1 atom stereocenters. The minimum Gasteiger partial charge on any atom is -0.325 e. The third kappa shape index (κ3) is 4.25. The minimum absolute atomic E-state index is 0.0593. The van der Waals surface area contributed by atoms with Crippen molar-refractivity contribution in [2.24, 2.45) is 0 Å². The fourth-order valence-electron chi connectivity index (χ4n) is 3.63. The van der Waals surface area contributed by atoms with E-state index in [1.54, 1.807) is 17.1 Å². The zero-order chi connectivity index (χ0) is 18.5. The van der Waals surface area contributed by atoms with Crippen LogP contribution in [0.5, 0.6) is 0 Å². The summed E-state index contributed by atoms with van der Waals surface area (Å²) in [4.78, 5) is 15.1. The highest BCUT2D eigenvalue weighted by Crippen LogP contribution is 2.20. The molecule has 2 aromatic heterocycles. The monoisotopic (exact) mass is 364 g/mol. The average molecular weight is 364 g/mol. The summed E-state index contributed by atoms with van der Waals surface area (Å²) < 4.78 is 3.72. The molecule has 0 aliphatic carbocycles. The van der Waals surface area contributed by atoms with Crippen molar-refractivity contribution >= 4 is 11.6 Å². The number of rotatable bonds is 7. The smallest absolute Gasteiger partial charge is 0.241 e. The van der Waals surface area contributed by atoms with E-state index in [2.05, 4.69) is 20.4 Å². The summed E-state index contributed by atoms with van der Waals surface area (Å²) in [5.74, 6) is 0.0733. The largest absolute Gasteiger partial charge is 0.325 e. The molecule has 0 saturated carbocycles. The molecule has 1 amide bonds. The van der Waals surface area contributed by atoms with Gasteiger partial charge in [-0.1, -0.05) is 6.07 Å². The Morgan fingerprint density at radius 3 is 2.81 bits per heavy atom. The highest BCUT2D eigenvalue weighted by molar-refractivity contribution is 5.95. The molecule has 0 radical (unpaired) electrons. The van der Waals surface area contributed by atoms with Crippen molar-refractivity contribution in [3.63, 3.8) is 0 Å². The minimum atomic E-state index is -0.0593. The first-order valence-electron chi connectivity index (χ1n) is 9.42. The summed E-state index contributed by atoms with van der Waals surface area (Å²) in [5, 5.41) is 11.6. The molecule has 140 valence electrons. The van der Waals surface area contributed by atoms with Crippen LogP contribution in [-0.2, 0) is 11.3 Å². The number of hydrogen-bond donors (Lipinski definition) is 1. The number of amides is 1. The molecule has 7 heteroatoms. The number of hydrogen-bond acceptors (Lipinski definition) is 4. The molecule has 0 spiro atoms. The molecule has 1 fully saturated rings. The first-order chi connectivity index (χ1) is 13.3. The second kappa shape index (κ2) is 8.18. The Morgan fingerprint density at radius 1 is 1.11 bits per heavy atom. The predicted molar refractivity (Wildman–Crippen MR) is 104 cm³/mol. The van der Waals surface area contributed by atoms with Crippen LogP contribution < -0.4 is 5.32 Å². The van der Waals surface area contributed by atoms with Crippen LogP contribution in [0.25, 0.3) is 5.69 Å². The van der Waals surface area contributed by atoms with Gasteiger partial charge in [-0.15, -0.1) is 0 Å². The number of nitrogens with one attached hydrogen (secondary N) is 1. The molecule has 4 rings (SSSR count). The lowest BCUT2D eigenvalue weighted by atomic mass is 10.2. The van der Waals surface area contributed by atoms with E-state index in [9.17, 15) is 4.79 Å². The van der Waals surface area contributed by atoms with Crippen LogP contribution in [0, 0.1) is 0 Å². The molecule has 0 unspecified atom stereocenters. The number of carbonyl (C=O) groups is 1. The molecule has 1 saturated heterocycles. The third-order valence-electron chi connectivity index (χ3n) is 4.94. The molecule has 1 aliphatic rings. The first kappa shape index (κ1) is 17.5. The second-order valence-corrected chi connectivity index (χ2v) is 6.81. The van der Waals surface area contributed by atoms with E-state index in [-0.39, 0.29) is 11.9 Å². The fraction of sp³-hybridized carbons (Fsp3) is 0.350. The Hall–Kier alpha value is -2.93. The van der Waals surface area contributed by atoms with Crippen molar-refractivity contribution in [2.75, 3.05) is 18.4 Å². The van der Waals surface area contributed by atoms with E-state index in [1.807, 2.05) is 53.5 Å². The summed E-state index contributed by atoms with van der Waals surface area (Å²) in [7, 11) is 0. The Kier molecular flexibility index (Phi) is 5.29. The number of aryl methyl sites for hydroxylation is 1. The van der Waals surface area contributed by atoms with E-state index in [4.69, 9.17) is 0 Å². The summed E-state index contributed by atoms with van der Waals surface area (Å²) in [6, 6.07) is 11.5. The van der Waals surface area contributed by atoms with Crippen LogP contribution in [0.3, 0.4) is 0 Å². The standard InChI is InChI=1S/C20H24N6O/c27-20(23-17-6-1-7-18(16-17)26-15-4-10-22-26)19-8-2-11-24(19)12-5-14-25-13-3-9-21-25/h1,3-4,6-7,9-10,13,15-16,19H,2,5,8,11-12,14H2,(H,23,27)/t19-/m1/s1. The maximum atomic E-state index is 12.8. The quantitative estimate of drug-likeness (QED) is 0.700. The van der Waals surface area contributed by atoms with Gasteiger partial charge in [0.05, 0.1) is 11.7 Å². The van der Waals surface area contributed by atoms with Gasteiger partial charge in [-0.3, -0.25) is 14.4 Å². The number of likely N-dealkylation sites (tertiary alicyclic amines) is 1. The van der Waals surface area contributed by atoms with Crippen molar-refractivity contribution in [3.05, 3.63) is 61.2 Å². The van der Waals surface area contributed by atoms with Gasteiger partial charge in [0.15, 0.2) is 0 Å². The molecule has 3 aromatic rings. The number of nitrogens with zero attached hydrogens (tertiary/aromatic N) is 5. The van der Waals surface area contributed by atoms with Crippen LogP contribution in [0.15, 0.2) is 61.2 Å². The zero-order valence-corrected chi connectivity index (χ0v) is 15.2. The molecule has 1 aromatic carbocycles. The van der Waals surface area contributed by atoms with Crippen LogP contribution in [0.1, 0.15) is 19.3 Å². The second-order valence-electron chi connectivity index (χ2n) is 6.81. The molecule has 1 N–H and O–H groups in total. The van der Waals surface area contributed by atoms with E-state index in [1.165, 1.54) is 0 Å². The SMILES string of the molecule is O=C(Nc1cccc(-n2cccn2)c1)[C@H]1CCCN1CCCn1cccn1. The van der Waals surface area contributed by atoms with Gasteiger partial charge in [0.25, 0.3) is 0 Å². The van der Waals surface area contributed by atoms with Crippen molar-refractivity contribution in [3.8, 4) is 5.69 Å². The van der Waals surface area contributed by atoms with Crippen LogP contribution in [0.4, 0.5) is 5.69 Å².